The Morgan fingerprint density at radius 1 is 1.29 bits per heavy atom. The lowest BCUT2D eigenvalue weighted by Gasteiger charge is -2.30. The monoisotopic (exact) mass is 196 g/mol. The van der Waals surface area contributed by atoms with Crippen LogP contribution in [0, 0.1) is 0 Å². The Bertz CT molecular complexity index is 162. The predicted octanol–water partition coefficient (Wildman–Crippen LogP) is 2.02. The summed E-state index contributed by atoms with van der Waals surface area (Å²) in [5.41, 5.74) is 0. The fourth-order valence-corrected chi connectivity index (χ4v) is 2.10. The molecule has 1 saturated heterocycles. The van der Waals surface area contributed by atoms with E-state index >= 15 is 0 Å². The molecule has 0 amide bonds. The van der Waals surface area contributed by atoms with Crippen molar-refractivity contribution in [3.05, 3.63) is 12.7 Å². The SMILES string of the molecule is C=CC(C)NC(C)CN1CCCCC1. The molecule has 0 aliphatic carbocycles. The minimum absolute atomic E-state index is 0.426. The first-order valence-electron chi connectivity index (χ1n) is 5.83. The molecular weight excluding hydrogens is 172 g/mol. The Hall–Kier alpha value is -0.340. The van der Waals surface area contributed by atoms with Crippen molar-refractivity contribution in [2.75, 3.05) is 19.6 Å². The quantitative estimate of drug-likeness (QED) is 0.677. The average molecular weight is 196 g/mol. The van der Waals surface area contributed by atoms with Crippen LogP contribution < -0.4 is 5.32 Å². The maximum absolute atomic E-state index is 3.78. The number of hydrogen-bond acceptors (Lipinski definition) is 2. The zero-order valence-corrected chi connectivity index (χ0v) is 9.63. The van der Waals surface area contributed by atoms with Crippen LogP contribution in [0.15, 0.2) is 12.7 Å². The first kappa shape index (κ1) is 11.7. The number of likely N-dealkylation sites (tertiary alicyclic amines) is 1. The first-order chi connectivity index (χ1) is 6.72. The second-order valence-corrected chi connectivity index (χ2v) is 4.45. The molecule has 0 aromatic carbocycles. The Morgan fingerprint density at radius 3 is 2.50 bits per heavy atom. The fraction of sp³-hybridized carbons (Fsp3) is 0.833. The summed E-state index contributed by atoms with van der Waals surface area (Å²) in [4.78, 5) is 2.57. The van der Waals surface area contributed by atoms with Gasteiger partial charge in [-0.15, -0.1) is 6.58 Å². The van der Waals surface area contributed by atoms with Gasteiger partial charge in [0.2, 0.25) is 0 Å². The van der Waals surface area contributed by atoms with Gasteiger partial charge in [0, 0.05) is 18.6 Å². The van der Waals surface area contributed by atoms with Crippen LogP contribution in [-0.4, -0.2) is 36.6 Å². The van der Waals surface area contributed by atoms with E-state index in [0.717, 1.165) is 0 Å². The van der Waals surface area contributed by atoms with Crippen molar-refractivity contribution in [2.45, 2.75) is 45.2 Å². The predicted molar refractivity (Wildman–Crippen MR) is 62.5 cm³/mol. The van der Waals surface area contributed by atoms with Crippen molar-refractivity contribution >= 4 is 0 Å². The second-order valence-electron chi connectivity index (χ2n) is 4.45. The van der Waals surface area contributed by atoms with Crippen LogP contribution in [0.3, 0.4) is 0 Å². The maximum atomic E-state index is 3.78. The summed E-state index contributed by atoms with van der Waals surface area (Å²) in [7, 11) is 0. The summed E-state index contributed by atoms with van der Waals surface area (Å²) in [6.45, 7) is 11.9. The minimum Gasteiger partial charge on any atom is -0.307 e. The van der Waals surface area contributed by atoms with Crippen LogP contribution in [0.4, 0.5) is 0 Å². The molecule has 1 aliphatic rings. The molecule has 1 aliphatic heterocycles. The molecule has 1 heterocycles. The molecule has 2 nitrogen and oxygen atoms in total. The summed E-state index contributed by atoms with van der Waals surface area (Å²) < 4.78 is 0. The highest BCUT2D eigenvalue weighted by atomic mass is 15.2. The Morgan fingerprint density at radius 2 is 1.93 bits per heavy atom. The Labute approximate surface area is 88.4 Å². The summed E-state index contributed by atoms with van der Waals surface area (Å²) in [5.74, 6) is 0. The molecule has 2 heteroatoms. The minimum atomic E-state index is 0.426. The lowest BCUT2D eigenvalue weighted by atomic mass is 10.1. The molecule has 2 unspecified atom stereocenters. The third-order valence-electron chi connectivity index (χ3n) is 2.88. The number of rotatable bonds is 5. The van der Waals surface area contributed by atoms with Crippen molar-refractivity contribution in [2.24, 2.45) is 0 Å². The number of nitrogens with zero attached hydrogens (tertiary/aromatic N) is 1. The van der Waals surface area contributed by atoms with Gasteiger partial charge in [-0.05, 0) is 39.8 Å². The van der Waals surface area contributed by atoms with E-state index in [1.165, 1.54) is 38.9 Å². The van der Waals surface area contributed by atoms with Gasteiger partial charge in [-0.1, -0.05) is 12.5 Å². The van der Waals surface area contributed by atoms with Crippen molar-refractivity contribution in [3.63, 3.8) is 0 Å². The highest BCUT2D eigenvalue weighted by molar-refractivity contribution is 4.84. The smallest absolute Gasteiger partial charge is 0.0222 e. The van der Waals surface area contributed by atoms with E-state index in [1.807, 2.05) is 6.08 Å². The van der Waals surface area contributed by atoms with E-state index < -0.39 is 0 Å². The highest BCUT2D eigenvalue weighted by Crippen LogP contribution is 2.08. The topological polar surface area (TPSA) is 15.3 Å². The molecule has 0 aromatic rings. The first-order valence-corrected chi connectivity index (χ1v) is 5.83. The highest BCUT2D eigenvalue weighted by Gasteiger charge is 2.13. The van der Waals surface area contributed by atoms with Gasteiger partial charge in [0.25, 0.3) is 0 Å². The van der Waals surface area contributed by atoms with E-state index in [-0.39, 0.29) is 0 Å². The van der Waals surface area contributed by atoms with E-state index in [0.29, 0.717) is 12.1 Å². The van der Waals surface area contributed by atoms with E-state index in [2.05, 4.69) is 30.6 Å². The van der Waals surface area contributed by atoms with Crippen molar-refractivity contribution < 1.29 is 0 Å². The van der Waals surface area contributed by atoms with Crippen molar-refractivity contribution in [3.8, 4) is 0 Å². The zero-order valence-electron chi connectivity index (χ0n) is 9.63. The van der Waals surface area contributed by atoms with Gasteiger partial charge in [-0.3, -0.25) is 0 Å². The summed E-state index contributed by atoms with van der Waals surface area (Å²) >= 11 is 0. The van der Waals surface area contributed by atoms with Crippen molar-refractivity contribution in [1.29, 1.82) is 0 Å². The van der Waals surface area contributed by atoms with Crippen LogP contribution in [0.2, 0.25) is 0 Å². The summed E-state index contributed by atoms with van der Waals surface area (Å²) in [5, 5.41) is 3.52. The number of hydrogen-bond donors (Lipinski definition) is 1. The molecule has 1 N–H and O–H groups in total. The molecule has 0 saturated carbocycles. The molecule has 0 spiro atoms. The van der Waals surface area contributed by atoms with Crippen molar-refractivity contribution in [1.82, 2.24) is 10.2 Å². The molecule has 0 bridgehead atoms. The fourth-order valence-electron chi connectivity index (χ4n) is 2.10. The van der Waals surface area contributed by atoms with Gasteiger partial charge in [0.05, 0.1) is 0 Å². The van der Waals surface area contributed by atoms with Gasteiger partial charge in [0.1, 0.15) is 0 Å². The van der Waals surface area contributed by atoms with Crippen LogP contribution in [0.25, 0.3) is 0 Å². The molecule has 2 atom stereocenters. The van der Waals surface area contributed by atoms with Gasteiger partial charge in [-0.2, -0.15) is 0 Å². The maximum Gasteiger partial charge on any atom is 0.0222 e. The normalized spacial score (nSPS) is 23.0. The van der Waals surface area contributed by atoms with Crippen LogP contribution >= 0.6 is 0 Å². The summed E-state index contributed by atoms with van der Waals surface area (Å²) in [6, 6.07) is 0.996. The molecule has 1 rings (SSSR count). The molecule has 14 heavy (non-hydrogen) atoms. The van der Waals surface area contributed by atoms with E-state index in [9.17, 15) is 0 Å². The molecule has 1 fully saturated rings. The summed E-state index contributed by atoms with van der Waals surface area (Å²) in [6.07, 6.45) is 6.14. The van der Waals surface area contributed by atoms with Gasteiger partial charge < -0.3 is 10.2 Å². The Kier molecular flexibility index (Phi) is 5.20. The largest absolute Gasteiger partial charge is 0.307 e. The van der Waals surface area contributed by atoms with Gasteiger partial charge in [0.15, 0.2) is 0 Å². The molecular formula is C12H24N2. The Balaban J connectivity index is 2.17. The molecule has 82 valence electrons. The number of nitrogens with one attached hydrogen (secondary N) is 1. The average Bonchev–Trinajstić information content (AvgIpc) is 2.19. The lowest BCUT2D eigenvalue weighted by Crippen LogP contribution is -2.43. The standard InChI is InChI=1S/C12H24N2/c1-4-11(2)13-12(3)10-14-8-6-5-7-9-14/h4,11-13H,1,5-10H2,2-3H3. The van der Waals surface area contributed by atoms with E-state index in [4.69, 9.17) is 0 Å². The van der Waals surface area contributed by atoms with Gasteiger partial charge in [-0.25, -0.2) is 0 Å². The third-order valence-corrected chi connectivity index (χ3v) is 2.88. The number of piperidine rings is 1. The third kappa shape index (κ3) is 4.25. The zero-order chi connectivity index (χ0) is 10.4. The van der Waals surface area contributed by atoms with Crippen LogP contribution in [0.5, 0.6) is 0 Å². The lowest BCUT2D eigenvalue weighted by molar-refractivity contribution is 0.207. The van der Waals surface area contributed by atoms with Crippen LogP contribution in [0.1, 0.15) is 33.1 Å². The van der Waals surface area contributed by atoms with Gasteiger partial charge >= 0.3 is 0 Å². The van der Waals surface area contributed by atoms with Crippen LogP contribution in [-0.2, 0) is 0 Å². The van der Waals surface area contributed by atoms with E-state index in [1.54, 1.807) is 0 Å². The molecule has 0 radical (unpaired) electrons. The second kappa shape index (κ2) is 6.20. The molecule has 0 aromatic heterocycles.